The summed E-state index contributed by atoms with van der Waals surface area (Å²) in [6.45, 7) is 5.16. The summed E-state index contributed by atoms with van der Waals surface area (Å²) in [6.07, 6.45) is 7.10. The number of carbonyl (C=O) groups is 1. The molecule has 1 amide bonds. The minimum atomic E-state index is 0.100. The van der Waals surface area contributed by atoms with Crippen LogP contribution in [0.15, 0.2) is 0 Å². The third-order valence-corrected chi connectivity index (χ3v) is 2.58. The van der Waals surface area contributed by atoms with Gasteiger partial charge < -0.3 is 10.1 Å². The van der Waals surface area contributed by atoms with E-state index in [4.69, 9.17) is 11.2 Å². The van der Waals surface area contributed by atoms with E-state index < -0.39 is 0 Å². The van der Waals surface area contributed by atoms with Crippen molar-refractivity contribution in [1.82, 2.24) is 10.2 Å². The molecule has 0 unspecified atom stereocenters. The maximum Gasteiger partial charge on any atom is 0.220 e. The molecule has 4 heteroatoms. The molecule has 0 atom stereocenters. The van der Waals surface area contributed by atoms with E-state index in [0.717, 1.165) is 45.8 Å². The number of nitrogens with one attached hydrogen (secondary N) is 1. The summed E-state index contributed by atoms with van der Waals surface area (Å²) in [6, 6.07) is 0. The highest BCUT2D eigenvalue weighted by Gasteiger charge is 2.09. The monoisotopic (exact) mass is 224 g/mol. The molecule has 0 aromatic rings. The molecular formula is C12H20N2O2. The molecule has 1 heterocycles. The van der Waals surface area contributed by atoms with Crippen molar-refractivity contribution in [3.63, 3.8) is 0 Å². The maximum atomic E-state index is 11.3. The topological polar surface area (TPSA) is 41.6 Å². The number of ether oxygens (including phenoxy) is 1. The van der Waals surface area contributed by atoms with Crippen LogP contribution in [0.1, 0.15) is 19.3 Å². The van der Waals surface area contributed by atoms with Gasteiger partial charge in [-0.3, -0.25) is 9.69 Å². The average Bonchev–Trinajstić information content (AvgIpc) is 2.31. The van der Waals surface area contributed by atoms with Crippen LogP contribution in [0.5, 0.6) is 0 Å². The second kappa shape index (κ2) is 8.14. The quantitative estimate of drug-likeness (QED) is 0.519. The van der Waals surface area contributed by atoms with Gasteiger partial charge in [0.05, 0.1) is 13.2 Å². The third-order valence-electron chi connectivity index (χ3n) is 2.58. The molecule has 1 rings (SSSR count). The number of nitrogens with zero attached hydrogens (tertiary/aromatic N) is 1. The first-order valence-corrected chi connectivity index (χ1v) is 5.83. The van der Waals surface area contributed by atoms with Crippen molar-refractivity contribution in [2.75, 3.05) is 39.4 Å². The van der Waals surface area contributed by atoms with Crippen molar-refractivity contribution < 1.29 is 9.53 Å². The van der Waals surface area contributed by atoms with E-state index in [-0.39, 0.29) is 5.91 Å². The first-order chi connectivity index (χ1) is 7.83. The van der Waals surface area contributed by atoms with Crippen molar-refractivity contribution in [2.24, 2.45) is 0 Å². The lowest BCUT2D eigenvalue weighted by Gasteiger charge is -2.26. The zero-order valence-electron chi connectivity index (χ0n) is 9.71. The lowest BCUT2D eigenvalue weighted by atomic mass is 10.2. The van der Waals surface area contributed by atoms with Gasteiger partial charge in [0.1, 0.15) is 0 Å². The van der Waals surface area contributed by atoms with Gasteiger partial charge in [-0.1, -0.05) is 0 Å². The number of carbonyl (C=O) groups excluding carboxylic acids is 1. The van der Waals surface area contributed by atoms with E-state index in [0.29, 0.717) is 12.8 Å². The summed E-state index contributed by atoms with van der Waals surface area (Å²) in [5, 5.41) is 2.90. The Labute approximate surface area is 97.3 Å². The number of rotatable bonds is 6. The fourth-order valence-corrected chi connectivity index (χ4v) is 1.62. The zero-order valence-corrected chi connectivity index (χ0v) is 9.71. The summed E-state index contributed by atoms with van der Waals surface area (Å²) < 4.78 is 5.24. The van der Waals surface area contributed by atoms with E-state index >= 15 is 0 Å². The smallest absolute Gasteiger partial charge is 0.220 e. The van der Waals surface area contributed by atoms with Gasteiger partial charge in [0.15, 0.2) is 0 Å². The predicted octanol–water partition coefficient (Wildman–Crippen LogP) is 0.238. The highest BCUT2D eigenvalue weighted by molar-refractivity contribution is 5.75. The Balaban J connectivity index is 1.97. The van der Waals surface area contributed by atoms with E-state index in [9.17, 15) is 4.79 Å². The van der Waals surface area contributed by atoms with Gasteiger partial charge in [-0.05, 0) is 6.42 Å². The van der Waals surface area contributed by atoms with Gasteiger partial charge in [0, 0.05) is 39.0 Å². The normalized spacial score (nSPS) is 16.7. The van der Waals surface area contributed by atoms with Crippen LogP contribution in [0.4, 0.5) is 0 Å². The van der Waals surface area contributed by atoms with E-state index in [1.165, 1.54) is 0 Å². The Hall–Kier alpha value is -1.05. The summed E-state index contributed by atoms with van der Waals surface area (Å²) in [5.74, 6) is 2.63. The van der Waals surface area contributed by atoms with Crippen molar-refractivity contribution in [3.05, 3.63) is 0 Å². The molecule has 16 heavy (non-hydrogen) atoms. The molecule has 1 aliphatic rings. The molecule has 1 aliphatic heterocycles. The molecule has 0 spiro atoms. The second-order valence-electron chi connectivity index (χ2n) is 3.86. The number of unbranched alkanes of at least 4 members (excludes halogenated alkanes) is 1. The molecule has 1 fully saturated rings. The maximum absolute atomic E-state index is 11.3. The van der Waals surface area contributed by atoms with Gasteiger partial charge in [-0.25, -0.2) is 0 Å². The minimum absolute atomic E-state index is 0.100. The molecule has 1 N–H and O–H groups in total. The van der Waals surface area contributed by atoms with Crippen molar-refractivity contribution >= 4 is 5.91 Å². The Morgan fingerprint density at radius 1 is 1.44 bits per heavy atom. The molecule has 0 aliphatic carbocycles. The number of hydrogen-bond acceptors (Lipinski definition) is 3. The number of terminal acetylenes is 1. The van der Waals surface area contributed by atoms with Crippen molar-refractivity contribution in [1.29, 1.82) is 0 Å². The number of morpholine rings is 1. The summed E-state index contributed by atoms with van der Waals surface area (Å²) in [7, 11) is 0. The zero-order chi connectivity index (χ0) is 11.6. The van der Waals surface area contributed by atoms with Gasteiger partial charge >= 0.3 is 0 Å². The SMILES string of the molecule is C#CCCCC(=O)NCCN1CCOCC1. The van der Waals surface area contributed by atoms with Crippen molar-refractivity contribution in [2.45, 2.75) is 19.3 Å². The van der Waals surface area contributed by atoms with Crippen LogP contribution in [-0.4, -0.2) is 50.2 Å². The lowest BCUT2D eigenvalue weighted by Crippen LogP contribution is -2.41. The van der Waals surface area contributed by atoms with E-state index in [2.05, 4.69) is 16.1 Å². The molecule has 0 radical (unpaired) electrons. The van der Waals surface area contributed by atoms with E-state index in [1.54, 1.807) is 0 Å². The van der Waals surface area contributed by atoms with Crippen LogP contribution in [0, 0.1) is 12.3 Å². The number of amides is 1. The fourth-order valence-electron chi connectivity index (χ4n) is 1.62. The van der Waals surface area contributed by atoms with Crippen LogP contribution in [0.3, 0.4) is 0 Å². The third kappa shape index (κ3) is 5.74. The standard InChI is InChI=1S/C12H20N2O2/c1-2-3-4-5-12(15)13-6-7-14-8-10-16-11-9-14/h1H,3-11H2,(H,13,15). The van der Waals surface area contributed by atoms with Crippen LogP contribution in [0.25, 0.3) is 0 Å². The first-order valence-electron chi connectivity index (χ1n) is 5.83. The van der Waals surface area contributed by atoms with Crippen molar-refractivity contribution in [3.8, 4) is 12.3 Å². The van der Waals surface area contributed by atoms with Gasteiger partial charge in [0.2, 0.25) is 5.91 Å². The highest BCUT2D eigenvalue weighted by Crippen LogP contribution is 1.96. The molecule has 0 saturated carbocycles. The van der Waals surface area contributed by atoms with Crippen LogP contribution in [-0.2, 0) is 9.53 Å². The summed E-state index contributed by atoms with van der Waals surface area (Å²) in [4.78, 5) is 13.6. The van der Waals surface area contributed by atoms with Crippen LogP contribution >= 0.6 is 0 Å². The summed E-state index contributed by atoms with van der Waals surface area (Å²) in [5.41, 5.74) is 0. The molecule has 90 valence electrons. The molecule has 0 aromatic carbocycles. The first kappa shape index (κ1) is 13.0. The summed E-state index contributed by atoms with van der Waals surface area (Å²) >= 11 is 0. The van der Waals surface area contributed by atoms with Crippen LogP contribution in [0.2, 0.25) is 0 Å². The fraction of sp³-hybridized carbons (Fsp3) is 0.750. The molecule has 0 aromatic heterocycles. The average molecular weight is 224 g/mol. The van der Waals surface area contributed by atoms with Crippen LogP contribution < -0.4 is 5.32 Å². The molecule has 1 saturated heterocycles. The Morgan fingerprint density at radius 2 is 2.19 bits per heavy atom. The minimum Gasteiger partial charge on any atom is -0.379 e. The Kier molecular flexibility index (Phi) is 6.62. The lowest BCUT2D eigenvalue weighted by molar-refractivity contribution is -0.121. The molecule has 0 bridgehead atoms. The van der Waals surface area contributed by atoms with Gasteiger partial charge in [-0.15, -0.1) is 12.3 Å². The Morgan fingerprint density at radius 3 is 2.88 bits per heavy atom. The van der Waals surface area contributed by atoms with Gasteiger partial charge in [0.25, 0.3) is 0 Å². The number of hydrogen-bond donors (Lipinski definition) is 1. The van der Waals surface area contributed by atoms with E-state index in [1.807, 2.05) is 0 Å². The Bertz CT molecular complexity index is 242. The largest absolute Gasteiger partial charge is 0.379 e. The highest BCUT2D eigenvalue weighted by atomic mass is 16.5. The second-order valence-corrected chi connectivity index (χ2v) is 3.86. The predicted molar refractivity (Wildman–Crippen MR) is 63.0 cm³/mol. The molecular weight excluding hydrogens is 204 g/mol. The van der Waals surface area contributed by atoms with Gasteiger partial charge in [-0.2, -0.15) is 0 Å². The molecule has 4 nitrogen and oxygen atoms in total.